The van der Waals surface area contributed by atoms with E-state index in [2.05, 4.69) is 5.32 Å². The molecule has 1 amide bonds. The van der Waals surface area contributed by atoms with E-state index in [9.17, 15) is 9.18 Å². The number of halogens is 2. The molecule has 0 radical (unpaired) electrons. The van der Waals surface area contributed by atoms with Crippen molar-refractivity contribution in [3.8, 4) is 0 Å². The second-order valence-electron chi connectivity index (χ2n) is 3.88. The highest BCUT2D eigenvalue weighted by atomic mass is 35.5. The number of amides is 1. The second-order valence-corrected chi connectivity index (χ2v) is 4.29. The van der Waals surface area contributed by atoms with Crippen LogP contribution in [0.3, 0.4) is 0 Å². The largest absolute Gasteiger partial charge is 0.323 e. The summed E-state index contributed by atoms with van der Waals surface area (Å²) in [5.74, 6) is -0.826. The summed E-state index contributed by atoms with van der Waals surface area (Å²) in [6.45, 7) is 3.66. The normalized spacial score (nSPS) is 12.6. The van der Waals surface area contributed by atoms with Crippen LogP contribution in [0.4, 0.5) is 10.1 Å². The number of nitrogens with two attached hydrogens (primary N) is 1. The topological polar surface area (TPSA) is 55.1 Å². The van der Waals surface area contributed by atoms with Crippen LogP contribution >= 0.6 is 11.6 Å². The smallest absolute Gasteiger partial charge is 0.241 e. The van der Waals surface area contributed by atoms with Crippen LogP contribution in [-0.2, 0) is 4.79 Å². The van der Waals surface area contributed by atoms with Gasteiger partial charge in [-0.15, -0.1) is 0 Å². The molecule has 0 saturated carbocycles. The van der Waals surface area contributed by atoms with Crippen LogP contribution in [0.2, 0.25) is 5.02 Å². The summed E-state index contributed by atoms with van der Waals surface area (Å²) >= 11 is 5.80. The first-order valence-electron chi connectivity index (χ1n) is 4.93. The van der Waals surface area contributed by atoms with Crippen molar-refractivity contribution in [1.82, 2.24) is 0 Å². The molecule has 0 heterocycles. The molecule has 0 bridgehead atoms. The van der Waals surface area contributed by atoms with Crippen LogP contribution in [0.25, 0.3) is 0 Å². The van der Waals surface area contributed by atoms with Gasteiger partial charge in [0.25, 0.3) is 0 Å². The van der Waals surface area contributed by atoms with Crippen molar-refractivity contribution >= 4 is 23.2 Å². The number of nitrogens with one attached hydrogen (secondary N) is 1. The molecular formula is C11H14ClFN2O. The summed E-state index contributed by atoms with van der Waals surface area (Å²) in [5.41, 5.74) is 5.89. The number of anilines is 1. The van der Waals surface area contributed by atoms with E-state index in [4.69, 9.17) is 17.3 Å². The molecule has 16 heavy (non-hydrogen) atoms. The third-order valence-electron chi connectivity index (χ3n) is 2.21. The zero-order valence-electron chi connectivity index (χ0n) is 9.13. The zero-order valence-corrected chi connectivity index (χ0v) is 9.88. The fourth-order valence-electron chi connectivity index (χ4n) is 1.11. The maximum absolute atomic E-state index is 12.9. The monoisotopic (exact) mass is 244 g/mol. The zero-order chi connectivity index (χ0) is 12.3. The highest BCUT2D eigenvalue weighted by Gasteiger charge is 2.18. The Morgan fingerprint density at radius 2 is 2.12 bits per heavy atom. The van der Waals surface area contributed by atoms with Gasteiger partial charge in [0.2, 0.25) is 5.91 Å². The first kappa shape index (κ1) is 12.9. The third kappa shape index (κ3) is 3.18. The molecule has 0 aromatic heterocycles. The van der Waals surface area contributed by atoms with Crippen molar-refractivity contribution in [3.63, 3.8) is 0 Å². The molecule has 0 spiro atoms. The Hall–Kier alpha value is -1.13. The Labute approximate surface area is 98.8 Å². The molecule has 0 aliphatic rings. The van der Waals surface area contributed by atoms with Crippen molar-refractivity contribution < 1.29 is 9.18 Å². The number of hydrogen-bond donors (Lipinski definition) is 2. The predicted molar refractivity (Wildman–Crippen MR) is 62.9 cm³/mol. The lowest BCUT2D eigenvalue weighted by atomic mass is 10.0. The maximum atomic E-state index is 12.9. The van der Waals surface area contributed by atoms with Gasteiger partial charge in [-0.05, 0) is 24.1 Å². The van der Waals surface area contributed by atoms with E-state index in [-0.39, 0.29) is 22.5 Å². The average molecular weight is 245 g/mol. The molecule has 0 fully saturated rings. The highest BCUT2D eigenvalue weighted by molar-refractivity contribution is 6.33. The summed E-state index contributed by atoms with van der Waals surface area (Å²) in [4.78, 5) is 11.6. The summed E-state index contributed by atoms with van der Waals surface area (Å²) < 4.78 is 12.9. The van der Waals surface area contributed by atoms with Crippen LogP contribution < -0.4 is 11.1 Å². The standard InChI is InChI=1S/C11H14ClFN2O/c1-6(2)10(14)11(16)15-9-5-7(13)3-4-8(9)12/h3-6,10H,14H2,1-2H3,(H,15,16). The van der Waals surface area contributed by atoms with E-state index >= 15 is 0 Å². The van der Waals surface area contributed by atoms with Crippen molar-refractivity contribution in [2.24, 2.45) is 11.7 Å². The van der Waals surface area contributed by atoms with Crippen LogP contribution in [0.15, 0.2) is 18.2 Å². The van der Waals surface area contributed by atoms with Crippen molar-refractivity contribution in [3.05, 3.63) is 29.0 Å². The molecule has 5 heteroatoms. The number of rotatable bonds is 3. The minimum Gasteiger partial charge on any atom is -0.323 e. The predicted octanol–water partition coefficient (Wildman–Crippen LogP) is 2.40. The Morgan fingerprint density at radius 1 is 1.50 bits per heavy atom. The molecule has 1 aromatic carbocycles. The van der Waals surface area contributed by atoms with Gasteiger partial charge in [-0.25, -0.2) is 4.39 Å². The van der Waals surface area contributed by atoms with Gasteiger partial charge in [0.1, 0.15) is 5.82 Å². The Kier molecular flexibility index (Phi) is 4.26. The molecule has 3 N–H and O–H groups in total. The van der Waals surface area contributed by atoms with Crippen molar-refractivity contribution in [2.75, 3.05) is 5.32 Å². The molecule has 1 unspecified atom stereocenters. The quantitative estimate of drug-likeness (QED) is 0.858. The van der Waals surface area contributed by atoms with E-state index < -0.39 is 11.9 Å². The molecule has 0 saturated heterocycles. The molecule has 0 aliphatic carbocycles. The van der Waals surface area contributed by atoms with Gasteiger partial charge in [0.05, 0.1) is 16.8 Å². The van der Waals surface area contributed by atoms with E-state index in [0.717, 1.165) is 6.07 Å². The van der Waals surface area contributed by atoms with Crippen LogP contribution in [0, 0.1) is 11.7 Å². The van der Waals surface area contributed by atoms with Gasteiger partial charge >= 0.3 is 0 Å². The SMILES string of the molecule is CC(C)C(N)C(=O)Nc1cc(F)ccc1Cl. The Bertz CT molecular complexity index is 396. The van der Waals surface area contributed by atoms with Crippen molar-refractivity contribution in [2.45, 2.75) is 19.9 Å². The van der Waals surface area contributed by atoms with Gasteiger partial charge in [0, 0.05) is 0 Å². The Balaban J connectivity index is 2.80. The number of benzene rings is 1. The molecule has 1 aromatic rings. The van der Waals surface area contributed by atoms with Crippen LogP contribution in [0.5, 0.6) is 0 Å². The maximum Gasteiger partial charge on any atom is 0.241 e. The minimum absolute atomic E-state index is 0.00679. The molecule has 3 nitrogen and oxygen atoms in total. The fourth-order valence-corrected chi connectivity index (χ4v) is 1.28. The Morgan fingerprint density at radius 3 is 2.69 bits per heavy atom. The van der Waals surface area contributed by atoms with Gasteiger partial charge in [-0.2, -0.15) is 0 Å². The van der Waals surface area contributed by atoms with E-state index in [1.54, 1.807) is 0 Å². The fraction of sp³-hybridized carbons (Fsp3) is 0.364. The molecule has 1 atom stereocenters. The summed E-state index contributed by atoms with van der Waals surface area (Å²) in [6.07, 6.45) is 0. The van der Waals surface area contributed by atoms with Crippen molar-refractivity contribution in [1.29, 1.82) is 0 Å². The first-order chi connectivity index (χ1) is 7.41. The van der Waals surface area contributed by atoms with Gasteiger partial charge in [0.15, 0.2) is 0 Å². The molecule has 1 rings (SSSR count). The van der Waals surface area contributed by atoms with E-state index in [1.165, 1.54) is 12.1 Å². The minimum atomic E-state index is -0.640. The number of hydrogen-bond acceptors (Lipinski definition) is 2. The lowest BCUT2D eigenvalue weighted by Gasteiger charge is -2.15. The molecule has 88 valence electrons. The first-order valence-corrected chi connectivity index (χ1v) is 5.31. The summed E-state index contributed by atoms with van der Waals surface area (Å²) in [5, 5.41) is 2.78. The lowest BCUT2D eigenvalue weighted by molar-refractivity contribution is -0.118. The third-order valence-corrected chi connectivity index (χ3v) is 2.54. The number of carbonyl (C=O) groups is 1. The van der Waals surface area contributed by atoms with Crippen LogP contribution in [0.1, 0.15) is 13.8 Å². The van der Waals surface area contributed by atoms with E-state index in [1.807, 2.05) is 13.8 Å². The van der Waals surface area contributed by atoms with Crippen LogP contribution in [-0.4, -0.2) is 11.9 Å². The lowest BCUT2D eigenvalue weighted by Crippen LogP contribution is -2.39. The number of carbonyl (C=O) groups excluding carboxylic acids is 1. The summed E-state index contributed by atoms with van der Waals surface area (Å²) in [6, 6.07) is 3.13. The highest BCUT2D eigenvalue weighted by Crippen LogP contribution is 2.22. The summed E-state index contributed by atoms with van der Waals surface area (Å²) in [7, 11) is 0. The van der Waals surface area contributed by atoms with Gasteiger partial charge in [-0.1, -0.05) is 25.4 Å². The van der Waals surface area contributed by atoms with Gasteiger partial charge in [-0.3, -0.25) is 4.79 Å². The average Bonchev–Trinajstić information content (AvgIpc) is 2.22. The second kappa shape index (κ2) is 5.27. The van der Waals surface area contributed by atoms with Gasteiger partial charge < -0.3 is 11.1 Å². The molecular weight excluding hydrogens is 231 g/mol. The molecule has 0 aliphatic heterocycles. The van der Waals surface area contributed by atoms with E-state index in [0.29, 0.717) is 0 Å².